The molecule has 5 rings (SSSR count). The Hall–Kier alpha value is -4.74. The lowest BCUT2D eigenvalue weighted by Crippen LogP contribution is -2.22. The van der Waals surface area contributed by atoms with Gasteiger partial charge >= 0.3 is 0 Å². The lowest BCUT2D eigenvalue weighted by molar-refractivity contribution is 0.0951. The molecule has 182 valence electrons. The molecule has 1 N–H and O–H groups in total. The van der Waals surface area contributed by atoms with Crippen LogP contribution < -0.4 is 5.32 Å². The first-order valence-corrected chi connectivity index (χ1v) is 12.8. The summed E-state index contributed by atoms with van der Waals surface area (Å²) in [5.74, 6) is -0.732. The second-order valence-corrected chi connectivity index (χ2v) is 10.2. The number of carbonyl (C=O) groups is 1. The maximum Gasteiger partial charge on any atom is 0.268 e. The smallest absolute Gasteiger partial charge is 0.268 e. The normalized spacial score (nSPS) is 11.2. The highest BCUT2D eigenvalue weighted by molar-refractivity contribution is 7.90. The zero-order chi connectivity index (χ0) is 26.0. The molecular weight excluding hydrogens is 489 g/mol. The van der Waals surface area contributed by atoms with Crippen LogP contribution >= 0.6 is 0 Å². The van der Waals surface area contributed by atoms with E-state index in [4.69, 9.17) is 0 Å². The molecule has 1 amide bonds. The number of carbonyl (C=O) groups excluding carboxylic acids is 1. The molecule has 5 aromatic rings. The zero-order valence-electron chi connectivity index (χ0n) is 19.4. The molecule has 0 bridgehead atoms. The molecule has 0 unspecified atom stereocenters. The van der Waals surface area contributed by atoms with E-state index in [-0.39, 0.29) is 23.2 Å². The van der Waals surface area contributed by atoms with Crippen molar-refractivity contribution in [1.82, 2.24) is 9.29 Å². The molecule has 0 aliphatic carbocycles. The van der Waals surface area contributed by atoms with Gasteiger partial charge in [0.05, 0.1) is 22.0 Å². The molecule has 4 aromatic carbocycles. The van der Waals surface area contributed by atoms with E-state index in [1.807, 2.05) is 18.2 Å². The van der Waals surface area contributed by atoms with Crippen molar-refractivity contribution < 1.29 is 17.6 Å². The van der Waals surface area contributed by atoms with Gasteiger partial charge < -0.3 is 5.32 Å². The predicted octanol–water partition coefficient (Wildman–Crippen LogP) is 5.49. The first-order valence-electron chi connectivity index (χ1n) is 11.4. The van der Waals surface area contributed by atoms with Crippen LogP contribution in [-0.4, -0.2) is 18.3 Å². The van der Waals surface area contributed by atoms with Crippen molar-refractivity contribution in [3.8, 4) is 17.2 Å². The van der Waals surface area contributed by atoms with Gasteiger partial charge in [-0.3, -0.25) is 4.79 Å². The first kappa shape index (κ1) is 24.0. The van der Waals surface area contributed by atoms with Crippen LogP contribution in [0, 0.1) is 17.1 Å². The molecule has 6 nitrogen and oxygen atoms in total. The van der Waals surface area contributed by atoms with Gasteiger partial charge in [0.2, 0.25) is 0 Å². The number of hydrogen-bond donors (Lipinski definition) is 1. The van der Waals surface area contributed by atoms with E-state index in [1.54, 1.807) is 48.7 Å². The van der Waals surface area contributed by atoms with Crippen LogP contribution in [0.5, 0.6) is 0 Å². The summed E-state index contributed by atoms with van der Waals surface area (Å²) in [5, 5.41) is 12.8. The standard InChI is InChI=1S/C29H20FN3O3S/c30-24-12-8-20(9-13-24)18-32-29(34)22-10-14-25(15-11-22)37(35,36)33-19-27(26-6-1-2-7-28(26)33)23-5-3-4-21(16-23)17-31/h1-16,19H,18H2,(H,32,34). The molecule has 0 aliphatic heterocycles. The molecule has 0 fully saturated rings. The van der Waals surface area contributed by atoms with Gasteiger partial charge in [0.25, 0.3) is 15.9 Å². The van der Waals surface area contributed by atoms with Crippen LogP contribution in [0.25, 0.3) is 22.0 Å². The molecule has 0 saturated carbocycles. The second-order valence-electron chi connectivity index (χ2n) is 8.39. The average Bonchev–Trinajstić information content (AvgIpc) is 3.33. The third kappa shape index (κ3) is 4.73. The Morgan fingerprint density at radius 1 is 0.919 bits per heavy atom. The third-order valence-corrected chi connectivity index (χ3v) is 7.71. The number of hydrogen-bond acceptors (Lipinski definition) is 4. The average molecular weight is 510 g/mol. The highest BCUT2D eigenvalue weighted by Gasteiger charge is 2.22. The number of fused-ring (bicyclic) bond motifs is 1. The highest BCUT2D eigenvalue weighted by atomic mass is 32.2. The van der Waals surface area contributed by atoms with Crippen molar-refractivity contribution in [1.29, 1.82) is 5.26 Å². The molecule has 0 aliphatic rings. The maximum absolute atomic E-state index is 13.6. The monoisotopic (exact) mass is 509 g/mol. The largest absolute Gasteiger partial charge is 0.348 e. The number of nitrogens with one attached hydrogen (secondary N) is 1. The molecule has 0 saturated heterocycles. The predicted molar refractivity (Wildman–Crippen MR) is 139 cm³/mol. The van der Waals surface area contributed by atoms with Gasteiger partial charge in [0.15, 0.2) is 0 Å². The van der Waals surface area contributed by atoms with E-state index in [0.717, 1.165) is 16.5 Å². The lowest BCUT2D eigenvalue weighted by Gasteiger charge is -2.09. The van der Waals surface area contributed by atoms with Crippen LogP contribution in [0.4, 0.5) is 4.39 Å². The first-order chi connectivity index (χ1) is 17.9. The van der Waals surface area contributed by atoms with Crippen LogP contribution in [-0.2, 0) is 16.6 Å². The Labute approximate surface area is 213 Å². The zero-order valence-corrected chi connectivity index (χ0v) is 20.2. The summed E-state index contributed by atoms with van der Waals surface area (Å²) >= 11 is 0. The topological polar surface area (TPSA) is 92.0 Å². The van der Waals surface area contributed by atoms with Gasteiger partial charge in [-0.1, -0.05) is 42.5 Å². The number of rotatable bonds is 6. The number of nitrogens with zero attached hydrogens (tertiary/aromatic N) is 2. The number of para-hydroxylation sites is 1. The molecule has 0 radical (unpaired) electrons. The van der Waals surface area contributed by atoms with Crippen molar-refractivity contribution in [3.05, 3.63) is 126 Å². The van der Waals surface area contributed by atoms with Gasteiger partial charge in [-0.05, 0) is 65.7 Å². The quantitative estimate of drug-likeness (QED) is 0.328. The van der Waals surface area contributed by atoms with Gasteiger partial charge in [0.1, 0.15) is 5.82 Å². The van der Waals surface area contributed by atoms with E-state index in [1.165, 1.54) is 40.4 Å². The van der Waals surface area contributed by atoms with Crippen LogP contribution in [0.15, 0.2) is 108 Å². The fourth-order valence-corrected chi connectivity index (χ4v) is 5.48. The Morgan fingerprint density at radius 3 is 2.38 bits per heavy atom. The Kier molecular flexibility index (Phi) is 6.30. The summed E-state index contributed by atoms with van der Waals surface area (Å²) in [7, 11) is -3.99. The van der Waals surface area contributed by atoms with E-state index in [9.17, 15) is 22.9 Å². The molecule has 1 heterocycles. The summed E-state index contributed by atoms with van der Waals surface area (Å²) in [6, 6.07) is 27.8. The Balaban J connectivity index is 1.44. The molecular formula is C29H20FN3O3S. The van der Waals surface area contributed by atoms with E-state index < -0.39 is 10.0 Å². The highest BCUT2D eigenvalue weighted by Crippen LogP contribution is 2.33. The molecule has 1 aromatic heterocycles. The van der Waals surface area contributed by atoms with Crippen LogP contribution in [0.2, 0.25) is 0 Å². The SMILES string of the molecule is N#Cc1cccc(-c2cn(S(=O)(=O)c3ccc(C(=O)NCc4ccc(F)cc4)cc3)c3ccccc23)c1. The summed E-state index contributed by atoms with van der Waals surface area (Å²) in [6.07, 6.45) is 1.56. The number of halogens is 1. The fourth-order valence-electron chi connectivity index (χ4n) is 4.11. The number of benzene rings is 4. The number of amides is 1. The number of aromatic nitrogens is 1. The summed E-state index contributed by atoms with van der Waals surface area (Å²) in [6.45, 7) is 0.213. The van der Waals surface area contributed by atoms with Gasteiger partial charge in [-0.2, -0.15) is 5.26 Å². The van der Waals surface area contributed by atoms with Crippen molar-refractivity contribution in [2.45, 2.75) is 11.4 Å². The fraction of sp³-hybridized carbons (Fsp3) is 0.0345. The Morgan fingerprint density at radius 2 is 1.65 bits per heavy atom. The number of nitriles is 1. The maximum atomic E-state index is 13.6. The molecule has 37 heavy (non-hydrogen) atoms. The minimum Gasteiger partial charge on any atom is -0.348 e. The van der Waals surface area contributed by atoms with Gasteiger partial charge in [-0.15, -0.1) is 0 Å². The van der Waals surface area contributed by atoms with Crippen LogP contribution in [0.1, 0.15) is 21.5 Å². The van der Waals surface area contributed by atoms with Gasteiger partial charge in [0, 0.05) is 29.3 Å². The van der Waals surface area contributed by atoms with Crippen molar-refractivity contribution in [2.24, 2.45) is 0 Å². The third-order valence-electron chi connectivity index (χ3n) is 6.02. The summed E-state index contributed by atoms with van der Waals surface area (Å²) in [5.41, 5.74) is 3.44. The van der Waals surface area contributed by atoms with E-state index >= 15 is 0 Å². The van der Waals surface area contributed by atoms with E-state index in [0.29, 0.717) is 22.2 Å². The van der Waals surface area contributed by atoms with Gasteiger partial charge in [-0.25, -0.2) is 16.8 Å². The Bertz CT molecular complexity index is 1770. The summed E-state index contributed by atoms with van der Waals surface area (Å²) < 4.78 is 41.5. The second kappa shape index (κ2) is 9.72. The van der Waals surface area contributed by atoms with E-state index in [2.05, 4.69) is 11.4 Å². The van der Waals surface area contributed by atoms with Crippen LogP contribution in [0.3, 0.4) is 0 Å². The minimum absolute atomic E-state index is 0.0284. The molecule has 0 atom stereocenters. The lowest BCUT2D eigenvalue weighted by atomic mass is 10.0. The summed E-state index contributed by atoms with van der Waals surface area (Å²) in [4.78, 5) is 12.6. The molecule has 0 spiro atoms. The van der Waals surface area contributed by atoms with Crippen molar-refractivity contribution in [2.75, 3.05) is 0 Å². The molecule has 8 heteroatoms. The van der Waals surface area contributed by atoms with Crippen molar-refractivity contribution >= 4 is 26.8 Å². The minimum atomic E-state index is -3.99. The van der Waals surface area contributed by atoms with Crippen molar-refractivity contribution in [3.63, 3.8) is 0 Å².